The molecule has 1 heteroatoms. The molecule has 11 heavy (non-hydrogen) atoms. The maximum absolute atomic E-state index is 12.5. The minimum Gasteiger partial charge on any atom is -0.207 e. The molecule has 0 saturated carbocycles. The highest BCUT2D eigenvalue weighted by Gasteiger charge is 1.94. The van der Waals surface area contributed by atoms with Crippen LogP contribution in [0.3, 0.4) is 0 Å². The second-order valence-corrected chi connectivity index (χ2v) is 2.46. The summed E-state index contributed by atoms with van der Waals surface area (Å²) in [5.41, 5.74) is 1.79. The van der Waals surface area contributed by atoms with Crippen LogP contribution in [0.4, 0.5) is 4.39 Å². The number of benzene rings is 1. The first kappa shape index (κ1) is 7.99. The Balaban J connectivity index is 2.91. The van der Waals surface area contributed by atoms with Gasteiger partial charge in [0.15, 0.2) is 0 Å². The molecule has 0 N–H and O–H groups in total. The van der Waals surface area contributed by atoms with Crippen LogP contribution in [0.5, 0.6) is 0 Å². The summed E-state index contributed by atoms with van der Waals surface area (Å²) in [7, 11) is 0. The summed E-state index contributed by atoms with van der Waals surface area (Å²) in [6.45, 7) is 5.28. The molecule has 0 heterocycles. The van der Waals surface area contributed by atoms with E-state index < -0.39 is 0 Å². The van der Waals surface area contributed by atoms with Crippen molar-refractivity contribution < 1.29 is 4.39 Å². The smallest absolute Gasteiger partial charge is 0.123 e. The molecule has 0 radical (unpaired) electrons. The minimum absolute atomic E-state index is 0.368. The Morgan fingerprint density at radius 2 is 1.91 bits per heavy atom. The van der Waals surface area contributed by atoms with Crippen molar-refractivity contribution in [2.45, 2.75) is 13.3 Å². The summed E-state index contributed by atoms with van der Waals surface area (Å²) in [6, 6.07) is 7.34. The van der Waals surface area contributed by atoms with Crippen LogP contribution in [0.15, 0.2) is 30.8 Å². The molecule has 0 amide bonds. The van der Waals surface area contributed by atoms with E-state index in [4.69, 9.17) is 0 Å². The molecule has 0 aliphatic heterocycles. The number of hydrogen-bond donors (Lipinski definition) is 0. The molecule has 0 bridgehead atoms. The molecular formula is C10H11F. The average molecular weight is 150 g/mol. The molecule has 0 nitrogen and oxygen atoms in total. The van der Waals surface area contributed by atoms with Crippen LogP contribution in [-0.4, -0.2) is 0 Å². The van der Waals surface area contributed by atoms with Crippen LogP contribution in [0.2, 0.25) is 0 Å². The summed E-state index contributed by atoms with van der Waals surface area (Å²) in [4.78, 5) is 0. The summed E-state index contributed by atoms with van der Waals surface area (Å²) < 4.78 is 12.5. The van der Waals surface area contributed by atoms with Gasteiger partial charge >= 0.3 is 0 Å². The Morgan fingerprint density at radius 1 is 1.36 bits per heavy atom. The first-order valence-electron chi connectivity index (χ1n) is 3.67. The Morgan fingerprint density at radius 3 is 2.27 bits per heavy atom. The van der Waals surface area contributed by atoms with Crippen LogP contribution in [0.1, 0.15) is 18.1 Å². The van der Waals surface area contributed by atoms with Gasteiger partial charge in [0, 0.05) is 5.56 Å². The van der Waals surface area contributed by atoms with Gasteiger partial charge in [0.25, 0.3) is 0 Å². The van der Waals surface area contributed by atoms with Crippen LogP contribution in [0.25, 0.3) is 5.83 Å². The van der Waals surface area contributed by atoms with Gasteiger partial charge in [-0.05, 0) is 12.0 Å². The van der Waals surface area contributed by atoms with E-state index in [0.29, 0.717) is 5.56 Å². The van der Waals surface area contributed by atoms with E-state index in [1.165, 1.54) is 5.56 Å². The Hall–Kier alpha value is -1.11. The van der Waals surface area contributed by atoms with Gasteiger partial charge in [-0.1, -0.05) is 37.8 Å². The molecule has 0 fully saturated rings. The summed E-state index contributed by atoms with van der Waals surface area (Å²) in [5.74, 6) is -0.368. The number of aryl methyl sites for hydroxylation is 1. The zero-order valence-electron chi connectivity index (χ0n) is 6.60. The van der Waals surface area contributed by atoms with E-state index >= 15 is 0 Å². The topological polar surface area (TPSA) is 0 Å². The monoisotopic (exact) mass is 150 g/mol. The van der Waals surface area contributed by atoms with Gasteiger partial charge in [0.05, 0.1) is 0 Å². The van der Waals surface area contributed by atoms with Crippen molar-refractivity contribution in [2.24, 2.45) is 0 Å². The highest BCUT2D eigenvalue weighted by molar-refractivity contribution is 5.56. The van der Waals surface area contributed by atoms with Gasteiger partial charge in [0.2, 0.25) is 0 Å². The molecule has 1 aromatic carbocycles. The Kier molecular flexibility index (Phi) is 2.42. The zero-order chi connectivity index (χ0) is 8.27. The van der Waals surface area contributed by atoms with Crippen LogP contribution < -0.4 is 0 Å². The van der Waals surface area contributed by atoms with Gasteiger partial charge in [-0.2, -0.15) is 0 Å². The lowest BCUT2D eigenvalue weighted by molar-refractivity contribution is 0.763. The van der Waals surface area contributed by atoms with Crippen molar-refractivity contribution in [3.63, 3.8) is 0 Å². The van der Waals surface area contributed by atoms with E-state index in [9.17, 15) is 4.39 Å². The van der Waals surface area contributed by atoms with Gasteiger partial charge in [0.1, 0.15) is 5.83 Å². The van der Waals surface area contributed by atoms with Gasteiger partial charge in [-0.3, -0.25) is 0 Å². The van der Waals surface area contributed by atoms with E-state index in [1.54, 1.807) is 12.1 Å². The molecule has 0 saturated heterocycles. The Labute approximate surface area is 66.4 Å². The van der Waals surface area contributed by atoms with E-state index in [0.717, 1.165) is 6.42 Å². The second kappa shape index (κ2) is 3.33. The molecule has 0 spiro atoms. The van der Waals surface area contributed by atoms with Crippen molar-refractivity contribution in [1.29, 1.82) is 0 Å². The fourth-order valence-electron chi connectivity index (χ4n) is 0.921. The maximum atomic E-state index is 12.5. The fourth-order valence-corrected chi connectivity index (χ4v) is 0.921. The summed E-state index contributed by atoms with van der Waals surface area (Å²) in [6.07, 6.45) is 0.985. The van der Waals surface area contributed by atoms with Gasteiger partial charge in [-0.15, -0.1) is 0 Å². The average Bonchev–Trinajstić information content (AvgIpc) is 2.05. The predicted molar refractivity (Wildman–Crippen MR) is 46.0 cm³/mol. The fraction of sp³-hybridized carbons (Fsp3) is 0.200. The molecule has 0 unspecified atom stereocenters. The number of halogens is 1. The quantitative estimate of drug-likeness (QED) is 0.607. The largest absolute Gasteiger partial charge is 0.207 e. The molecule has 1 aromatic rings. The normalized spacial score (nSPS) is 9.64. The van der Waals surface area contributed by atoms with Crippen LogP contribution in [0, 0.1) is 0 Å². The van der Waals surface area contributed by atoms with Crippen LogP contribution >= 0.6 is 0 Å². The zero-order valence-corrected chi connectivity index (χ0v) is 6.60. The SMILES string of the molecule is C=C(F)c1ccc(CC)cc1. The standard InChI is InChI=1S/C10H11F/c1-3-9-4-6-10(7-5-9)8(2)11/h4-7H,2-3H2,1H3. The number of hydrogen-bond acceptors (Lipinski definition) is 0. The lowest BCUT2D eigenvalue weighted by Crippen LogP contribution is -1.80. The summed E-state index contributed by atoms with van der Waals surface area (Å²) in [5, 5.41) is 0. The molecule has 0 aliphatic rings. The third-order valence-corrected chi connectivity index (χ3v) is 1.68. The van der Waals surface area contributed by atoms with Gasteiger partial charge < -0.3 is 0 Å². The molecular weight excluding hydrogens is 139 g/mol. The molecule has 0 aliphatic carbocycles. The van der Waals surface area contributed by atoms with Crippen molar-refractivity contribution in [1.82, 2.24) is 0 Å². The van der Waals surface area contributed by atoms with E-state index in [-0.39, 0.29) is 5.83 Å². The van der Waals surface area contributed by atoms with Crippen LogP contribution in [-0.2, 0) is 6.42 Å². The van der Waals surface area contributed by atoms with Crippen molar-refractivity contribution >= 4 is 5.83 Å². The highest BCUT2D eigenvalue weighted by atomic mass is 19.1. The predicted octanol–water partition coefficient (Wildman–Crippen LogP) is 3.19. The highest BCUT2D eigenvalue weighted by Crippen LogP contribution is 2.13. The Bertz CT molecular complexity index is 246. The van der Waals surface area contributed by atoms with Crippen molar-refractivity contribution in [3.05, 3.63) is 42.0 Å². The second-order valence-electron chi connectivity index (χ2n) is 2.46. The van der Waals surface area contributed by atoms with Crippen molar-refractivity contribution in [2.75, 3.05) is 0 Å². The maximum Gasteiger partial charge on any atom is 0.123 e. The molecule has 0 atom stereocenters. The lowest BCUT2D eigenvalue weighted by atomic mass is 10.1. The van der Waals surface area contributed by atoms with Crippen molar-refractivity contribution in [3.8, 4) is 0 Å². The summed E-state index contributed by atoms with van der Waals surface area (Å²) >= 11 is 0. The third kappa shape index (κ3) is 1.90. The lowest BCUT2D eigenvalue weighted by Gasteiger charge is -1.97. The van der Waals surface area contributed by atoms with E-state index in [1.807, 2.05) is 12.1 Å². The molecule has 0 aromatic heterocycles. The molecule has 1 rings (SSSR count). The third-order valence-electron chi connectivity index (χ3n) is 1.68. The molecule has 58 valence electrons. The van der Waals surface area contributed by atoms with E-state index in [2.05, 4.69) is 13.5 Å². The minimum atomic E-state index is -0.368. The number of rotatable bonds is 2. The van der Waals surface area contributed by atoms with Gasteiger partial charge in [-0.25, -0.2) is 4.39 Å². The first-order chi connectivity index (χ1) is 5.24. The first-order valence-corrected chi connectivity index (χ1v) is 3.67.